The first-order valence-corrected chi connectivity index (χ1v) is 6.38. The highest BCUT2D eigenvalue weighted by atomic mass is 16.5. The van der Waals surface area contributed by atoms with Crippen LogP contribution in [-0.4, -0.2) is 30.1 Å². The summed E-state index contributed by atoms with van der Waals surface area (Å²) in [7, 11) is 0. The first-order chi connectivity index (χ1) is 9.15. The molecule has 0 bridgehead atoms. The van der Waals surface area contributed by atoms with Crippen LogP contribution >= 0.6 is 0 Å². The largest absolute Gasteiger partial charge is 0.493 e. The summed E-state index contributed by atoms with van der Waals surface area (Å²) < 4.78 is 5.50. The smallest absolute Gasteiger partial charge is 0.322 e. The van der Waals surface area contributed by atoms with Crippen LogP contribution in [0.4, 0.5) is 0 Å². The van der Waals surface area contributed by atoms with Crippen molar-refractivity contribution >= 4 is 11.9 Å². The zero-order valence-corrected chi connectivity index (χ0v) is 10.6. The Labute approximate surface area is 111 Å². The van der Waals surface area contributed by atoms with Crippen molar-refractivity contribution in [3.63, 3.8) is 0 Å². The molecule has 5 nitrogen and oxygen atoms in total. The van der Waals surface area contributed by atoms with E-state index in [4.69, 9.17) is 9.84 Å². The Hall–Kier alpha value is -2.04. The van der Waals surface area contributed by atoms with Gasteiger partial charge in [-0.15, -0.1) is 0 Å². The third-order valence-electron chi connectivity index (χ3n) is 3.10. The summed E-state index contributed by atoms with van der Waals surface area (Å²) in [6.07, 6.45) is 3.57. The second kappa shape index (κ2) is 6.22. The van der Waals surface area contributed by atoms with Crippen molar-refractivity contribution in [2.75, 3.05) is 13.2 Å². The molecule has 0 saturated carbocycles. The summed E-state index contributed by atoms with van der Waals surface area (Å²) in [4.78, 5) is 21.5. The highest BCUT2D eigenvalue weighted by Gasteiger charge is 2.11. The van der Waals surface area contributed by atoms with Gasteiger partial charge in [0, 0.05) is 0 Å². The van der Waals surface area contributed by atoms with E-state index in [2.05, 4.69) is 11.4 Å². The summed E-state index contributed by atoms with van der Waals surface area (Å²) in [6.45, 7) is -0.0953. The van der Waals surface area contributed by atoms with Crippen LogP contribution in [0.15, 0.2) is 18.2 Å². The van der Waals surface area contributed by atoms with Crippen LogP contribution in [0.25, 0.3) is 0 Å². The lowest BCUT2D eigenvalue weighted by Gasteiger charge is -2.08. The molecule has 0 aromatic heterocycles. The third-order valence-corrected chi connectivity index (χ3v) is 3.10. The Bertz CT molecular complexity index is 484. The number of carboxylic acid groups (broad SMARTS) is 1. The van der Waals surface area contributed by atoms with Gasteiger partial charge < -0.3 is 15.2 Å². The predicted octanol–water partition coefficient (Wildman–Crippen LogP) is 1.14. The van der Waals surface area contributed by atoms with E-state index in [0.29, 0.717) is 0 Å². The number of amides is 1. The van der Waals surface area contributed by atoms with Crippen molar-refractivity contribution < 1.29 is 19.4 Å². The van der Waals surface area contributed by atoms with Crippen LogP contribution in [0.1, 0.15) is 24.0 Å². The van der Waals surface area contributed by atoms with Crippen molar-refractivity contribution in [3.8, 4) is 5.75 Å². The molecule has 0 atom stereocenters. The van der Waals surface area contributed by atoms with Crippen LogP contribution in [0.3, 0.4) is 0 Å². The summed E-state index contributed by atoms with van der Waals surface area (Å²) in [6, 6.07) is 6.01. The van der Waals surface area contributed by atoms with E-state index in [-0.39, 0.29) is 25.5 Å². The number of rotatable bonds is 6. The van der Waals surface area contributed by atoms with E-state index in [9.17, 15) is 9.59 Å². The van der Waals surface area contributed by atoms with Gasteiger partial charge in [0.2, 0.25) is 5.91 Å². The number of carbonyl (C=O) groups is 2. The normalized spacial score (nSPS) is 12.8. The molecule has 0 spiro atoms. The Morgan fingerprint density at radius 1 is 1.26 bits per heavy atom. The molecule has 19 heavy (non-hydrogen) atoms. The fourth-order valence-corrected chi connectivity index (χ4v) is 2.16. The molecule has 1 aliphatic carbocycles. The topological polar surface area (TPSA) is 75.6 Å². The molecule has 0 heterocycles. The van der Waals surface area contributed by atoms with Gasteiger partial charge in [0.25, 0.3) is 0 Å². The molecule has 0 aliphatic heterocycles. The molecule has 1 aromatic rings. The van der Waals surface area contributed by atoms with Crippen molar-refractivity contribution in [2.45, 2.75) is 25.7 Å². The average Bonchev–Trinajstić information content (AvgIpc) is 2.83. The van der Waals surface area contributed by atoms with Gasteiger partial charge in [0.1, 0.15) is 12.3 Å². The molecular weight excluding hydrogens is 246 g/mol. The zero-order chi connectivity index (χ0) is 13.7. The number of hydrogen-bond acceptors (Lipinski definition) is 3. The number of ether oxygens (including phenoxy) is 1. The van der Waals surface area contributed by atoms with E-state index in [1.807, 2.05) is 12.1 Å². The molecular formula is C14H17NO4. The number of nitrogens with one attached hydrogen (secondary N) is 1. The van der Waals surface area contributed by atoms with Crippen molar-refractivity contribution in [1.29, 1.82) is 0 Å². The maximum absolute atomic E-state index is 11.3. The second-order valence-electron chi connectivity index (χ2n) is 4.55. The summed E-state index contributed by atoms with van der Waals surface area (Å²) in [5.74, 6) is -0.594. The highest BCUT2D eigenvalue weighted by molar-refractivity contribution is 5.81. The minimum atomic E-state index is -1.05. The second-order valence-corrected chi connectivity index (χ2v) is 4.55. The van der Waals surface area contributed by atoms with Gasteiger partial charge in [-0.1, -0.05) is 6.07 Å². The lowest BCUT2D eigenvalue weighted by atomic mass is 10.1. The minimum absolute atomic E-state index is 0.157. The Balaban J connectivity index is 1.74. The van der Waals surface area contributed by atoms with Gasteiger partial charge in [0.05, 0.1) is 13.0 Å². The maximum Gasteiger partial charge on any atom is 0.322 e. The standard InChI is InChI=1S/C14H17NO4/c16-13(15-9-14(17)18)6-7-19-12-5-4-10-2-1-3-11(10)8-12/h4-5,8H,1-3,6-7,9H2,(H,15,16)(H,17,18). The third kappa shape index (κ3) is 3.98. The summed E-state index contributed by atoms with van der Waals surface area (Å²) in [5.41, 5.74) is 2.71. The van der Waals surface area contributed by atoms with Crippen LogP contribution in [0, 0.1) is 0 Å². The van der Waals surface area contributed by atoms with Crippen molar-refractivity contribution in [3.05, 3.63) is 29.3 Å². The quantitative estimate of drug-likeness (QED) is 0.807. The van der Waals surface area contributed by atoms with Gasteiger partial charge in [0.15, 0.2) is 0 Å². The van der Waals surface area contributed by atoms with Crippen molar-refractivity contribution in [1.82, 2.24) is 5.32 Å². The van der Waals surface area contributed by atoms with Gasteiger partial charge in [-0.3, -0.25) is 9.59 Å². The Morgan fingerprint density at radius 3 is 2.84 bits per heavy atom. The molecule has 2 rings (SSSR count). The number of hydrogen-bond donors (Lipinski definition) is 2. The predicted molar refractivity (Wildman–Crippen MR) is 69.2 cm³/mol. The fourth-order valence-electron chi connectivity index (χ4n) is 2.16. The molecule has 0 fully saturated rings. The molecule has 1 aliphatic rings. The van der Waals surface area contributed by atoms with Crippen LogP contribution in [-0.2, 0) is 22.4 Å². The molecule has 0 saturated heterocycles. The molecule has 1 amide bonds. The number of aliphatic carboxylic acids is 1. The van der Waals surface area contributed by atoms with Gasteiger partial charge in [-0.05, 0) is 42.5 Å². The number of aryl methyl sites for hydroxylation is 2. The number of carboxylic acids is 1. The minimum Gasteiger partial charge on any atom is -0.493 e. The van der Waals surface area contributed by atoms with Crippen molar-refractivity contribution in [2.24, 2.45) is 0 Å². The van der Waals surface area contributed by atoms with Gasteiger partial charge >= 0.3 is 5.97 Å². The van der Waals surface area contributed by atoms with E-state index in [1.165, 1.54) is 17.5 Å². The van der Waals surface area contributed by atoms with Crippen LogP contribution in [0.5, 0.6) is 5.75 Å². The fraction of sp³-hybridized carbons (Fsp3) is 0.429. The molecule has 0 unspecified atom stereocenters. The maximum atomic E-state index is 11.3. The van der Waals surface area contributed by atoms with E-state index < -0.39 is 5.97 Å². The highest BCUT2D eigenvalue weighted by Crippen LogP contribution is 2.25. The summed E-state index contributed by atoms with van der Waals surface area (Å²) in [5, 5.41) is 10.7. The SMILES string of the molecule is O=C(O)CNC(=O)CCOc1ccc2c(c1)CCC2. The lowest BCUT2D eigenvalue weighted by molar-refractivity contribution is -0.138. The van der Waals surface area contributed by atoms with E-state index in [0.717, 1.165) is 18.6 Å². The van der Waals surface area contributed by atoms with E-state index >= 15 is 0 Å². The van der Waals surface area contributed by atoms with Gasteiger partial charge in [-0.2, -0.15) is 0 Å². The molecule has 1 aromatic carbocycles. The summed E-state index contributed by atoms with van der Waals surface area (Å²) >= 11 is 0. The number of carbonyl (C=O) groups excluding carboxylic acids is 1. The van der Waals surface area contributed by atoms with Crippen LogP contribution < -0.4 is 10.1 Å². The number of fused-ring (bicyclic) bond motifs is 1. The lowest BCUT2D eigenvalue weighted by Crippen LogP contribution is -2.30. The monoisotopic (exact) mass is 263 g/mol. The van der Waals surface area contributed by atoms with E-state index in [1.54, 1.807) is 0 Å². The molecule has 5 heteroatoms. The van der Waals surface area contributed by atoms with Gasteiger partial charge in [-0.25, -0.2) is 0 Å². The van der Waals surface area contributed by atoms with Crippen LogP contribution in [0.2, 0.25) is 0 Å². The Kier molecular flexibility index (Phi) is 4.39. The first-order valence-electron chi connectivity index (χ1n) is 6.38. The number of benzene rings is 1. The average molecular weight is 263 g/mol. The molecule has 2 N–H and O–H groups in total. The Morgan fingerprint density at radius 2 is 2.05 bits per heavy atom. The molecule has 0 radical (unpaired) electrons. The zero-order valence-electron chi connectivity index (χ0n) is 10.6. The first kappa shape index (κ1) is 13.4. The molecule has 102 valence electrons.